The zero-order chi connectivity index (χ0) is 13.0. The van der Waals surface area contributed by atoms with Gasteiger partial charge in [0.25, 0.3) is 5.91 Å². The second kappa shape index (κ2) is 5.68. The van der Waals surface area contributed by atoms with Crippen molar-refractivity contribution in [3.8, 4) is 5.75 Å². The van der Waals surface area contributed by atoms with Gasteiger partial charge in [-0.05, 0) is 43.5 Å². The Hall–Kier alpha value is -1.55. The topological polar surface area (TPSA) is 72.6 Å². The van der Waals surface area contributed by atoms with Crippen molar-refractivity contribution in [2.24, 2.45) is 5.73 Å². The normalized spacial score (nSPS) is 14.1. The molecule has 0 heterocycles. The van der Waals surface area contributed by atoms with Gasteiger partial charge >= 0.3 is 0 Å². The Morgan fingerprint density at radius 3 is 2.59 bits per heavy atom. The minimum absolute atomic E-state index is 0.466. The molecule has 4 heteroatoms. The summed E-state index contributed by atoms with van der Waals surface area (Å²) in [6.45, 7) is 5.41. The van der Waals surface area contributed by atoms with E-state index in [4.69, 9.17) is 10.5 Å². The van der Waals surface area contributed by atoms with Gasteiger partial charge in [0.05, 0.1) is 6.10 Å². The van der Waals surface area contributed by atoms with Crippen LogP contribution in [0.15, 0.2) is 18.2 Å². The monoisotopic (exact) mass is 237 g/mol. The lowest BCUT2D eigenvalue weighted by Crippen LogP contribution is -2.33. The van der Waals surface area contributed by atoms with Crippen LogP contribution in [-0.2, 0) is 4.79 Å². The molecule has 0 saturated heterocycles. The molecule has 0 bridgehead atoms. The molecule has 0 aliphatic carbocycles. The average molecular weight is 237 g/mol. The highest BCUT2D eigenvalue weighted by Gasteiger charge is 2.16. The van der Waals surface area contributed by atoms with Gasteiger partial charge in [-0.15, -0.1) is 0 Å². The van der Waals surface area contributed by atoms with E-state index in [1.165, 1.54) is 0 Å². The van der Waals surface area contributed by atoms with Gasteiger partial charge in [-0.1, -0.05) is 13.0 Å². The third kappa shape index (κ3) is 3.46. The van der Waals surface area contributed by atoms with Crippen molar-refractivity contribution in [3.05, 3.63) is 29.3 Å². The largest absolute Gasteiger partial charge is 0.480 e. The molecule has 0 aromatic heterocycles. The van der Waals surface area contributed by atoms with Crippen LogP contribution >= 0.6 is 0 Å². The summed E-state index contributed by atoms with van der Waals surface area (Å²) in [6, 6.07) is 5.37. The zero-order valence-electron chi connectivity index (χ0n) is 10.4. The van der Waals surface area contributed by atoms with Gasteiger partial charge in [-0.2, -0.15) is 0 Å². The molecular formula is C13H19NO3. The number of nitrogens with two attached hydrogens (primary N) is 1. The molecular weight excluding hydrogens is 218 g/mol. The molecule has 2 atom stereocenters. The van der Waals surface area contributed by atoms with Gasteiger partial charge in [0.2, 0.25) is 0 Å². The summed E-state index contributed by atoms with van der Waals surface area (Å²) >= 11 is 0. The summed E-state index contributed by atoms with van der Waals surface area (Å²) in [5.41, 5.74) is 6.92. The van der Waals surface area contributed by atoms with E-state index in [2.05, 4.69) is 0 Å². The van der Waals surface area contributed by atoms with Gasteiger partial charge in [-0.25, -0.2) is 0 Å². The van der Waals surface area contributed by atoms with Crippen LogP contribution in [-0.4, -0.2) is 17.1 Å². The summed E-state index contributed by atoms with van der Waals surface area (Å²) in [5.74, 6) is 0.159. The van der Waals surface area contributed by atoms with E-state index in [1.807, 2.05) is 19.9 Å². The second-order valence-corrected chi connectivity index (χ2v) is 4.12. The number of hydrogen-bond acceptors (Lipinski definition) is 3. The average Bonchev–Trinajstić information content (AvgIpc) is 2.26. The molecule has 1 rings (SSSR count). The molecule has 94 valence electrons. The minimum Gasteiger partial charge on any atom is -0.480 e. The fraction of sp³-hybridized carbons (Fsp3) is 0.462. The number of primary amides is 1. The zero-order valence-corrected chi connectivity index (χ0v) is 10.4. The number of aryl methyl sites for hydroxylation is 1. The van der Waals surface area contributed by atoms with E-state index < -0.39 is 18.1 Å². The number of carbonyl (C=O) groups excluding carboxylic acids is 1. The van der Waals surface area contributed by atoms with Crippen molar-refractivity contribution >= 4 is 5.91 Å². The number of aliphatic hydroxyl groups is 1. The Morgan fingerprint density at radius 1 is 1.53 bits per heavy atom. The molecule has 1 amide bonds. The molecule has 1 aromatic rings. The maximum Gasteiger partial charge on any atom is 0.258 e. The number of rotatable bonds is 5. The van der Waals surface area contributed by atoms with Crippen LogP contribution in [0.2, 0.25) is 0 Å². The Labute approximate surface area is 101 Å². The molecule has 1 aromatic carbocycles. The molecule has 0 aliphatic rings. The highest BCUT2D eigenvalue weighted by atomic mass is 16.5. The Morgan fingerprint density at radius 2 is 2.18 bits per heavy atom. The third-order valence-electron chi connectivity index (χ3n) is 2.64. The van der Waals surface area contributed by atoms with Crippen LogP contribution < -0.4 is 10.5 Å². The Bertz CT molecular complexity index is 402. The van der Waals surface area contributed by atoms with Gasteiger partial charge in [0, 0.05) is 0 Å². The number of ether oxygens (including phenoxy) is 1. The van der Waals surface area contributed by atoms with Crippen LogP contribution in [0.3, 0.4) is 0 Å². The number of hydrogen-bond donors (Lipinski definition) is 2. The first-order valence-corrected chi connectivity index (χ1v) is 5.70. The summed E-state index contributed by atoms with van der Waals surface area (Å²) in [7, 11) is 0. The fourth-order valence-electron chi connectivity index (χ4n) is 1.56. The number of carbonyl (C=O) groups is 1. The molecule has 0 spiro atoms. The maximum absolute atomic E-state index is 11.1. The van der Waals surface area contributed by atoms with Gasteiger partial charge in [0.1, 0.15) is 5.75 Å². The summed E-state index contributed by atoms with van der Waals surface area (Å²) in [4.78, 5) is 11.1. The lowest BCUT2D eigenvalue weighted by Gasteiger charge is -2.17. The van der Waals surface area contributed by atoms with Crippen molar-refractivity contribution in [3.63, 3.8) is 0 Å². The Kier molecular flexibility index (Phi) is 4.52. The van der Waals surface area contributed by atoms with Crippen molar-refractivity contribution in [2.75, 3.05) is 0 Å². The SMILES string of the molecule is CCC(Oc1ccc([C@H](C)O)cc1C)C(N)=O. The first-order chi connectivity index (χ1) is 7.95. The summed E-state index contributed by atoms with van der Waals surface area (Å²) in [5, 5.41) is 9.44. The molecule has 4 nitrogen and oxygen atoms in total. The summed E-state index contributed by atoms with van der Waals surface area (Å²) in [6.07, 6.45) is -0.584. The van der Waals surface area contributed by atoms with Crippen molar-refractivity contribution in [1.29, 1.82) is 0 Å². The van der Waals surface area contributed by atoms with Crippen LogP contribution in [0.5, 0.6) is 5.75 Å². The molecule has 0 aliphatic heterocycles. The van der Waals surface area contributed by atoms with E-state index >= 15 is 0 Å². The quantitative estimate of drug-likeness (QED) is 0.818. The molecule has 0 saturated carbocycles. The standard InChI is InChI=1S/C13H19NO3/c1-4-11(13(14)16)17-12-6-5-10(9(3)15)7-8(12)2/h5-7,9,11,15H,4H2,1-3H3,(H2,14,16)/t9-,11?/m0/s1. The molecule has 17 heavy (non-hydrogen) atoms. The highest BCUT2D eigenvalue weighted by Crippen LogP contribution is 2.23. The predicted molar refractivity (Wildman–Crippen MR) is 65.7 cm³/mol. The molecule has 3 N–H and O–H groups in total. The Balaban J connectivity index is 2.89. The minimum atomic E-state index is -0.605. The van der Waals surface area contributed by atoms with E-state index in [0.29, 0.717) is 12.2 Å². The van der Waals surface area contributed by atoms with Crippen LogP contribution in [0.4, 0.5) is 0 Å². The second-order valence-electron chi connectivity index (χ2n) is 4.12. The number of amides is 1. The third-order valence-corrected chi connectivity index (χ3v) is 2.64. The first kappa shape index (κ1) is 13.5. The van der Waals surface area contributed by atoms with Crippen molar-refractivity contribution < 1.29 is 14.6 Å². The smallest absolute Gasteiger partial charge is 0.258 e. The number of benzene rings is 1. The number of aliphatic hydroxyl groups excluding tert-OH is 1. The molecule has 1 unspecified atom stereocenters. The van der Waals surface area contributed by atoms with Gasteiger partial charge in [-0.3, -0.25) is 4.79 Å². The van der Waals surface area contributed by atoms with E-state index in [-0.39, 0.29) is 0 Å². The maximum atomic E-state index is 11.1. The lowest BCUT2D eigenvalue weighted by atomic mass is 10.1. The van der Waals surface area contributed by atoms with Crippen molar-refractivity contribution in [2.45, 2.75) is 39.4 Å². The van der Waals surface area contributed by atoms with E-state index in [0.717, 1.165) is 11.1 Å². The van der Waals surface area contributed by atoms with Crippen LogP contribution in [0.1, 0.15) is 37.5 Å². The molecule has 0 fully saturated rings. The fourth-order valence-corrected chi connectivity index (χ4v) is 1.56. The van der Waals surface area contributed by atoms with E-state index in [1.54, 1.807) is 19.1 Å². The van der Waals surface area contributed by atoms with Gasteiger partial charge < -0.3 is 15.6 Å². The van der Waals surface area contributed by atoms with Crippen molar-refractivity contribution in [1.82, 2.24) is 0 Å². The predicted octanol–water partition coefficient (Wildman–Crippen LogP) is 1.69. The van der Waals surface area contributed by atoms with Crippen LogP contribution in [0, 0.1) is 6.92 Å². The van der Waals surface area contributed by atoms with E-state index in [9.17, 15) is 9.90 Å². The van der Waals surface area contributed by atoms with Crippen LogP contribution in [0.25, 0.3) is 0 Å². The molecule has 0 radical (unpaired) electrons. The highest BCUT2D eigenvalue weighted by molar-refractivity contribution is 5.79. The first-order valence-electron chi connectivity index (χ1n) is 5.70. The lowest BCUT2D eigenvalue weighted by molar-refractivity contribution is -0.124. The van der Waals surface area contributed by atoms with Gasteiger partial charge in [0.15, 0.2) is 6.10 Å². The summed E-state index contributed by atoms with van der Waals surface area (Å²) < 4.78 is 5.53.